The fourth-order valence-corrected chi connectivity index (χ4v) is 7.15. The molecule has 0 spiro atoms. The third-order valence-electron chi connectivity index (χ3n) is 8.14. The number of hydrogen-bond acceptors (Lipinski definition) is 5. The van der Waals surface area contributed by atoms with Crippen molar-refractivity contribution in [2.75, 3.05) is 5.32 Å². The topological polar surface area (TPSA) is 90.5 Å². The summed E-state index contributed by atoms with van der Waals surface area (Å²) in [4.78, 5) is 22.7. The highest BCUT2D eigenvalue weighted by Gasteiger charge is 2.54. The average molecular weight is 454 g/mol. The molecule has 0 atom stereocenters. The van der Waals surface area contributed by atoms with Crippen LogP contribution in [0.2, 0.25) is 0 Å². The van der Waals surface area contributed by atoms with Crippen LogP contribution in [0.15, 0.2) is 48.9 Å². The van der Waals surface area contributed by atoms with Crippen molar-refractivity contribution in [3.63, 3.8) is 0 Å². The van der Waals surface area contributed by atoms with E-state index in [4.69, 9.17) is 0 Å². The highest BCUT2D eigenvalue weighted by atomic mass is 16.2. The second-order valence-electron chi connectivity index (χ2n) is 10.6. The van der Waals surface area contributed by atoms with Gasteiger partial charge in [0.25, 0.3) is 0 Å². The van der Waals surface area contributed by atoms with Crippen LogP contribution < -0.4 is 5.32 Å². The molecule has 1 amide bonds. The molecular formula is C26H27N7O. The zero-order valence-electron chi connectivity index (χ0n) is 19.2. The van der Waals surface area contributed by atoms with Crippen molar-refractivity contribution < 1.29 is 4.79 Å². The minimum atomic E-state index is -0.225. The minimum absolute atomic E-state index is 0.151. The molecule has 4 aromatic rings. The molecule has 4 saturated carbocycles. The second kappa shape index (κ2) is 7.22. The number of aromatic nitrogens is 6. The molecule has 0 radical (unpaired) electrons. The number of amides is 1. The number of hydrogen-bond donors (Lipinski definition) is 1. The molecule has 0 unspecified atom stereocenters. The summed E-state index contributed by atoms with van der Waals surface area (Å²) in [6.45, 7) is 1.93. The van der Waals surface area contributed by atoms with Crippen molar-refractivity contribution in [3.05, 3.63) is 54.6 Å². The van der Waals surface area contributed by atoms with Gasteiger partial charge in [0.15, 0.2) is 11.5 Å². The summed E-state index contributed by atoms with van der Waals surface area (Å²) in [5, 5.41) is 13.3. The minimum Gasteiger partial charge on any atom is -0.310 e. The van der Waals surface area contributed by atoms with Gasteiger partial charge in [0.1, 0.15) is 12.1 Å². The normalized spacial score (nSPS) is 27.4. The van der Waals surface area contributed by atoms with E-state index in [1.54, 1.807) is 15.6 Å². The van der Waals surface area contributed by atoms with Crippen LogP contribution in [-0.2, 0) is 4.79 Å². The Labute approximate surface area is 197 Å². The molecule has 1 aromatic carbocycles. The van der Waals surface area contributed by atoms with Crippen LogP contribution in [0, 0.1) is 30.1 Å². The molecule has 8 nitrogen and oxygen atoms in total. The molecule has 3 aromatic heterocycles. The van der Waals surface area contributed by atoms with E-state index < -0.39 is 0 Å². The number of aryl methyl sites for hydroxylation is 1. The molecular weight excluding hydrogens is 426 g/mol. The summed E-state index contributed by atoms with van der Waals surface area (Å²) in [5.41, 5.74) is 2.22. The number of benzene rings is 1. The third-order valence-corrected chi connectivity index (χ3v) is 8.14. The standard InChI is InChI=1S/C26H27N7O/c1-16-7-22(30-25(34)26-11-17-8-18(12-26)10-19(9-17)13-26)33(31-16)24-21-14-29-32(23(21)27-15-28-24)20-5-3-2-4-6-20/h2-7,14-15,17-19H,8-13H2,1H3,(H,30,34). The number of para-hydroxylation sites is 1. The molecule has 0 saturated heterocycles. The van der Waals surface area contributed by atoms with Gasteiger partial charge in [-0.2, -0.15) is 14.9 Å². The number of fused-ring (bicyclic) bond motifs is 1. The number of anilines is 1. The van der Waals surface area contributed by atoms with E-state index in [0.29, 0.717) is 35.0 Å². The molecule has 8 heteroatoms. The van der Waals surface area contributed by atoms with Crippen LogP contribution in [0.25, 0.3) is 22.5 Å². The van der Waals surface area contributed by atoms with Gasteiger partial charge < -0.3 is 5.32 Å². The van der Waals surface area contributed by atoms with Gasteiger partial charge in [-0.25, -0.2) is 14.6 Å². The van der Waals surface area contributed by atoms with Gasteiger partial charge in [0.2, 0.25) is 5.91 Å². The van der Waals surface area contributed by atoms with Gasteiger partial charge >= 0.3 is 0 Å². The fraction of sp³-hybridized carbons (Fsp3) is 0.423. The zero-order chi connectivity index (χ0) is 22.9. The Morgan fingerprint density at radius 2 is 1.71 bits per heavy atom. The van der Waals surface area contributed by atoms with E-state index >= 15 is 0 Å². The largest absolute Gasteiger partial charge is 0.310 e. The molecule has 4 fully saturated rings. The van der Waals surface area contributed by atoms with E-state index in [1.807, 2.05) is 43.3 Å². The Bertz CT molecular complexity index is 1370. The van der Waals surface area contributed by atoms with Gasteiger partial charge in [0.05, 0.1) is 28.4 Å². The lowest BCUT2D eigenvalue weighted by Gasteiger charge is -2.55. The van der Waals surface area contributed by atoms with Gasteiger partial charge in [-0.3, -0.25) is 4.79 Å². The third kappa shape index (κ3) is 3.01. The van der Waals surface area contributed by atoms with E-state index in [1.165, 1.54) is 25.6 Å². The Hall–Kier alpha value is -3.55. The lowest BCUT2D eigenvalue weighted by atomic mass is 9.49. The van der Waals surface area contributed by atoms with Crippen LogP contribution >= 0.6 is 0 Å². The predicted octanol–water partition coefficient (Wildman–Crippen LogP) is 4.46. The summed E-state index contributed by atoms with van der Waals surface area (Å²) in [5.74, 6) is 3.57. The van der Waals surface area contributed by atoms with Crippen molar-refractivity contribution in [1.29, 1.82) is 0 Å². The van der Waals surface area contributed by atoms with E-state index in [9.17, 15) is 4.79 Å². The van der Waals surface area contributed by atoms with Gasteiger partial charge in [-0.15, -0.1) is 0 Å². The Morgan fingerprint density at radius 3 is 2.41 bits per heavy atom. The Kier molecular flexibility index (Phi) is 4.22. The first kappa shape index (κ1) is 19.9. The molecule has 0 aliphatic heterocycles. The lowest BCUT2D eigenvalue weighted by Crippen LogP contribution is -2.51. The van der Waals surface area contributed by atoms with Crippen molar-refractivity contribution in [2.45, 2.75) is 45.4 Å². The molecule has 1 N–H and O–H groups in total. The summed E-state index contributed by atoms with van der Waals surface area (Å²) >= 11 is 0. The maximum atomic E-state index is 13.7. The number of carbonyl (C=O) groups is 1. The van der Waals surface area contributed by atoms with E-state index in [-0.39, 0.29) is 11.3 Å². The maximum absolute atomic E-state index is 13.7. The zero-order valence-corrected chi connectivity index (χ0v) is 19.2. The van der Waals surface area contributed by atoms with Crippen LogP contribution in [0.4, 0.5) is 5.82 Å². The first-order chi connectivity index (χ1) is 16.6. The molecule has 172 valence electrons. The summed E-state index contributed by atoms with van der Waals surface area (Å²) in [7, 11) is 0. The SMILES string of the molecule is Cc1cc(NC(=O)C23CC4CC(CC(C4)C2)C3)n(-c2ncnc3c2cnn3-c2ccccc2)n1. The van der Waals surface area contributed by atoms with E-state index in [2.05, 4.69) is 25.5 Å². The lowest BCUT2D eigenvalue weighted by molar-refractivity contribution is -0.140. The first-order valence-corrected chi connectivity index (χ1v) is 12.2. The van der Waals surface area contributed by atoms with Gasteiger partial charge in [0, 0.05) is 6.07 Å². The molecule has 3 heterocycles. The highest BCUT2D eigenvalue weighted by molar-refractivity contribution is 5.95. The van der Waals surface area contributed by atoms with E-state index in [0.717, 1.165) is 36.0 Å². The van der Waals surface area contributed by atoms with Crippen LogP contribution in [0.1, 0.15) is 44.2 Å². The fourth-order valence-electron chi connectivity index (χ4n) is 7.15. The van der Waals surface area contributed by atoms with Gasteiger partial charge in [-0.1, -0.05) is 18.2 Å². The smallest absolute Gasteiger partial charge is 0.231 e. The predicted molar refractivity (Wildman–Crippen MR) is 128 cm³/mol. The monoisotopic (exact) mass is 453 g/mol. The number of carbonyl (C=O) groups excluding carboxylic acids is 1. The number of nitrogens with zero attached hydrogens (tertiary/aromatic N) is 6. The van der Waals surface area contributed by atoms with Crippen molar-refractivity contribution in [3.8, 4) is 11.5 Å². The average Bonchev–Trinajstić information content (AvgIpc) is 3.42. The number of rotatable bonds is 4. The molecule has 4 aliphatic carbocycles. The quantitative estimate of drug-likeness (QED) is 0.493. The Morgan fingerprint density at radius 1 is 1.00 bits per heavy atom. The number of nitrogens with one attached hydrogen (secondary N) is 1. The maximum Gasteiger partial charge on any atom is 0.231 e. The molecule has 34 heavy (non-hydrogen) atoms. The summed E-state index contributed by atoms with van der Waals surface area (Å²) in [6, 6.07) is 11.8. The first-order valence-electron chi connectivity index (χ1n) is 12.2. The molecule has 4 aliphatic rings. The summed E-state index contributed by atoms with van der Waals surface area (Å²) in [6.07, 6.45) is 10.3. The molecule has 8 rings (SSSR count). The Balaban J connectivity index is 1.26. The van der Waals surface area contributed by atoms with Crippen LogP contribution in [-0.4, -0.2) is 35.4 Å². The van der Waals surface area contributed by atoms with Crippen molar-refractivity contribution in [1.82, 2.24) is 29.5 Å². The second-order valence-corrected chi connectivity index (χ2v) is 10.6. The van der Waals surface area contributed by atoms with Crippen molar-refractivity contribution in [2.24, 2.45) is 23.2 Å². The molecule has 4 bridgehead atoms. The van der Waals surface area contributed by atoms with Crippen LogP contribution in [0.5, 0.6) is 0 Å². The van der Waals surface area contributed by atoms with Crippen LogP contribution in [0.3, 0.4) is 0 Å². The summed E-state index contributed by atoms with van der Waals surface area (Å²) < 4.78 is 3.53. The van der Waals surface area contributed by atoms with Gasteiger partial charge in [-0.05, 0) is 75.3 Å². The highest BCUT2D eigenvalue weighted by Crippen LogP contribution is 2.60. The van der Waals surface area contributed by atoms with Crippen molar-refractivity contribution >= 4 is 22.8 Å².